The Morgan fingerprint density at radius 2 is 2.00 bits per heavy atom. The van der Waals surface area contributed by atoms with E-state index in [4.69, 9.17) is 0 Å². The number of allylic oxidation sites excluding steroid dienone is 1. The van der Waals surface area contributed by atoms with E-state index in [1.165, 1.54) is 0 Å². The highest BCUT2D eigenvalue weighted by molar-refractivity contribution is 9.10. The third-order valence-corrected chi connectivity index (χ3v) is 6.06. The average molecular weight is 484 g/mol. The lowest BCUT2D eigenvalue weighted by molar-refractivity contribution is -0.113. The highest BCUT2D eigenvalue weighted by Crippen LogP contribution is 2.37. The highest BCUT2D eigenvalue weighted by atomic mass is 79.9. The van der Waals surface area contributed by atoms with Crippen LogP contribution in [0.1, 0.15) is 31.0 Å². The first-order valence-electron chi connectivity index (χ1n) is 9.67. The minimum Gasteiger partial charge on any atom is -0.328 e. The SMILES string of the molecule is CCSc1nc2n(n1)C(c1ccc(Br)cc1)C(C(=O)Nc1cccc(C)c1)=C(C)N2. The normalized spacial score (nSPS) is 15.5. The fourth-order valence-electron chi connectivity index (χ4n) is 3.49. The number of rotatable bonds is 5. The number of nitrogens with zero attached hydrogens (tertiary/aromatic N) is 3. The number of halogens is 1. The van der Waals surface area contributed by atoms with Gasteiger partial charge in [-0.1, -0.05) is 58.9 Å². The van der Waals surface area contributed by atoms with Gasteiger partial charge in [0.1, 0.15) is 6.04 Å². The zero-order valence-corrected chi connectivity index (χ0v) is 19.3. The lowest BCUT2D eigenvalue weighted by atomic mass is 9.95. The molecular formula is C22H22BrN5OS. The molecule has 2 aromatic carbocycles. The van der Waals surface area contributed by atoms with E-state index in [-0.39, 0.29) is 11.9 Å². The molecule has 3 aromatic rings. The number of anilines is 2. The van der Waals surface area contributed by atoms with Crippen molar-refractivity contribution in [3.8, 4) is 0 Å². The Bertz CT molecular complexity index is 1120. The summed E-state index contributed by atoms with van der Waals surface area (Å²) in [5.41, 5.74) is 4.20. The Hall–Kier alpha value is -2.58. The number of nitrogens with one attached hydrogen (secondary N) is 2. The van der Waals surface area contributed by atoms with Gasteiger partial charge in [0.2, 0.25) is 11.1 Å². The van der Waals surface area contributed by atoms with E-state index >= 15 is 0 Å². The van der Waals surface area contributed by atoms with E-state index in [0.29, 0.717) is 16.7 Å². The number of aromatic nitrogens is 3. The minimum atomic E-state index is -0.377. The van der Waals surface area contributed by atoms with Crippen LogP contribution in [0.3, 0.4) is 0 Å². The lowest BCUT2D eigenvalue weighted by Crippen LogP contribution is -2.31. The Balaban J connectivity index is 1.77. The molecule has 0 bridgehead atoms. The van der Waals surface area contributed by atoms with Crippen LogP contribution in [0.15, 0.2) is 69.4 Å². The Labute approximate surface area is 188 Å². The minimum absolute atomic E-state index is 0.163. The molecule has 1 aromatic heterocycles. The maximum Gasteiger partial charge on any atom is 0.255 e. The molecule has 0 fully saturated rings. The van der Waals surface area contributed by atoms with Gasteiger partial charge < -0.3 is 10.6 Å². The van der Waals surface area contributed by atoms with Crippen molar-refractivity contribution in [2.24, 2.45) is 0 Å². The Morgan fingerprint density at radius 3 is 2.70 bits per heavy atom. The second-order valence-corrected chi connectivity index (χ2v) is 9.18. The van der Waals surface area contributed by atoms with E-state index < -0.39 is 0 Å². The number of carbonyl (C=O) groups is 1. The maximum atomic E-state index is 13.4. The molecule has 6 nitrogen and oxygen atoms in total. The van der Waals surface area contributed by atoms with Crippen LogP contribution in [-0.2, 0) is 4.79 Å². The van der Waals surface area contributed by atoms with Gasteiger partial charge in [-0.3, -0.25) is 4.79 Å². The molecule has 0 saturated heterocycles. The van der Waals surface area contributed by atoms with Gasteiger partial charge in [0.15, 0.2) is 0 Å². The number of hydrogen-bond acceptors (Lipinski definition) is 5. The molecule has 1 aliphatic heterocycles. The molecule has 154 valence electrons. The van der Waals surface area contributed by atoms with Crippen molar-refractivity contribution < 1.29 is 4.79 Å². The summed E-state index contributed by atoms with van der Waals surface area (Å²) in [6.07, 6.45) is 0. The monoisotopic (exact) mass is 483 g/mol. The largest absolute Gasteiger partial charge is 0.328 e. The first kappa shape index (κ1) is 20.7. The average Bonchev–Trinajstić information content (AvgIpc) is 3.10. The quantitative estimate of drug-likeness (QED) is 0.476. The molecule has 2 N–H and O–H groups in total. The van der Waals surface area contributed by atoms with Crippen molar-refractivity contribution in [3.05, 3.63) is 75.4 Å². The van der Waals surface area contributed by atoms with Gasteiger partial charge in [0.25, 0.3) is 5.91 Å². The van der Waals surface area contributed by atoms with Crippen molar-refractivity contribution in [2.75, 3.05) is 16.4 Å². The molecule has 1 unspecified atom stereocenters. The van der Waals surface area contributed by atoms with E-state index in [0.717, 1.165) is 32.7 Å². The van der Waals surface area contributed by atoms with Crippen LogP contribution >= 0.6 is 27.7 Å². The summed E-state index contributed by atoms with van der Waals surface area (Å²) in [5, 5.41) is 11.7. The van der Waals surface area contributed by atoms with Crippen molar-refractivity contribution in [1.29, 1.82) is 0 Å². The van der Waals surface area contributed by atoms with Gasteiger partial charge in [-0.15, -0.1) is 5.10 Å². The standard InChI is InChI=1S/C22H22BrN5OS/c1-4-30-22-26-21-24-14(3)18(20(29)25-17-7-5-6-13(2)12-17)19(28(21)27-22)15-8-10-16(23)11-9-15/h5-12,19H,4H2,1-3H3,(H,25,29)(H,24,26,27). The molecule has 4 rings (SSSR count). The fourth-order valence-corrected chi connectivity index (χ4v) is 4.31. The summed E-state index contributed by atoms with van der Waals surface area (Å²) in [6, 6.07) is 15.4. The van der Waals surface area contributed by atoms with E-state index in [9.17, 15) is 4.79 Å². The molecule has 1 atom stereocenters. The van der Waals surface area contributed by atoms with Gasteiger partial charge in [-0.2, -0.15) is 4.98 Å². The maximum absolute atomic E-state index is 13.4. The molecular weight excluding hydrogens is 462 g/mol. The molecule has 2 heterocycles. The molecule has 30 heavy (non-hydrogen) atoms. The summed E-state index contributed by atoms with van der Waals surface area (Å²) < 4.78 is 2.78. The summed E-state index contributed by atoms with van der Waals surface area (Å²) >= 11 is 5.06. The third kappa shape index (κ3) is 4.15. The second kappa shape index (κ2) is 8.65. The molecule has 0 saturated carbocycles. The van der Waals surface area contributed by atoms with E-state index in [1.807, 2.05) is 62.4 Å². The van der Waals surface area contributed by atoms with E-state index in [1.54, 1.807) is 16.4 Å². The van der Waals surface area contributed by atoms with Crippen LogP contribution in [0.4, 0.5) is 11.6 Å². The predicted molar refractivity (Wildman–Crippen MR) is 125 cm³/mol. The van der Waals surface area contributed by atoms with Gasteiger partial charge in [-0.05, 0) is 55.0 Å². The number of benzene rings is 2. The smallest absolute Gasteiger partial charge is 0.255 e. The van der Waals surface area contributed by atoms with Crippen LogP contribution in [-0.4, -0.2) is 26.4 Å². The van der Waals surface area contributed by atoms with Gasteiger partial charge >= 0.3 is 0 Å². The third-order valence-electron chi connectivity index (χ3n) is 4.81. The van der Waals surface area contributed by atoms with Gasteiger partial charge in [-0.25, -0.2) is 4.68 Å². The van der Waals surface area contributed by atoms with Crippen molar-refractivity contribution >= 4 is 45.2 Å². The summed E-state index contributed by atoms with van der Waals surface area (Å²) in [5.74, 6) is 1.35. The van der Waals surface area contributed by atoms with Crippen molar-refractivity contribution in [1.82, 2.24) is 14.8 Å². The molecule has 0 aliphatic carbocycles. The lowest BCUT2D eigenvalue weighted by Gasteiger charge is -2.28. The summed E-state index contributed by atoms with van der Waals surface area (Å²) in [7, 11) is 0. The predicted octanol–water partition coefficient (Wildman–Crippen LogP) is 5.39. The molecule has 1 amide bonds. The Morgan fingerprint density at radius 1 is 1.23 bits per heavy atom. The molecule has 8 heteroatoms. The number of amides is 1. The van der Waals surface area contributed by atoms with Crippen LogP contribution < -0.4 is 10.6 Å². The number of carbonyl (C=O) groups excluding carboxylic acids is 1. The van der Waals surface area contributed by atoms with Crippen LogP contribution in [0, 0.1) is 6.92 Å². The van der Waals surface area contributed by atoms with Gasteiger partial charge in [0, 0.05) is 15.9 Å². The molecule has 0 radical (unpaired) electrons. The summed E-state index contributed by atoms with van der Waals surface area (Å²) in [6.45, 7) is 5.97. The number of fused-ring (bicyclic) bond motifs is 1. The van der Waals surface area contributed by atoms with Crippen LogP contribution in [0.5, 0.6) is 0 Å². The summed E-state index contributed by atoms with van der Waals surface area (Å²) in [4.78, 5) is 18.0. The van der Waals surface area contributed by atoms with Crippen molar-refractivity contribution in [3.63, 3.8) is 0 Å². The van der Waals surface area contributed by atoms with Crippen LogP contribution in [0.2, 0.25) is 0 Å². The second-order valence-electron chi connectivity index (χ2n) is 7.04. The Kier molecular flexibility index (Phi) is 5.97. The number of thioether (sulfide) groups is 1. The molecule has 1 aliphatic rings. The first-order valence-corrected chi connectivity index (χ1v) is 11.4. The molecule has 0 spiro atoms. The van der Waals surface area contributed by atoms with Crippen molar-refractivity contribution in [2.45, 2.75) is 32.0 Å². The van der Waals surface area contributed by atoms with Crippen LogP contribution in [0.25, 0.3) is 0 Å². The highest BCUT2D eigenvalue weighted by Gasteiger charge is 2.34. The number of aryl methyl sites for hydroxylation is 1. The first-order chi connectivity index (χ1) is 14.5. The van der Waals surface area contributed by atoms with Gasteiger partial charge in [0.05, 0.1) is 5.57 Å². The van der Waals surface area contributed by atoms with E-state index in [2.05, 4.69) is 43.6 Å². The topological polar surface area (TPSA) is 71.8 Å². The number of hydrogen-bond donors (Lipinski definition) is 2. The fraction of sp³-hybridized carbons (Fsp3) is 0.227. The zero-order valence-electron chi connectivity index (χ0n) is 16.9. The zero-order chi connectivity index (χ0) is 21.3.